The van der Waals surface area contributed by atoms with Crippen molar-refractivity contribution < 1.29 is 12.8 Å². The van der Waals surface area contributed by atoms with Gasteiger partial charge in [0.15, 0.2) is 5.58 Å². The number of rotatable bonds is 3. The van der Waals surface area contributed by atoms with E-state index in [0.717, 1.165) is 11.3 Å². The average molecular weight is 357 g/mol. The predicted octanol–water partition coefficient (Wildman–Crippen LogP) is 3.81. The van der Waals surface area contributed by atoms with Crippen LogP contribution >= 0.6 is 11.3 Å². The molecule has 24 heavy (non-hydrogen) atoms. The van der Waals surface area contributed by atoms with E-state index in [-0.39, 0.29) is 4.90 Å². The van der Waals surface area contributed by atoms with E-state index in [9.17, 15) is 13.2 Å². The molecular formula is C17H11NO4S2. The van der Waals surface area contributed by atoms with Crippen molar-refractivity contribution in [3.8, 4) is 0 Å². The second-order valence-electron chi connectivity index (χ2n) is 5.17. The maximum absolute atomic E-state index is 12.6. The Morgan fingerprint density at radius 3 is 2.33 bits per heavy atom. The van der Waals surface area contributed by atoms with Crippen LogP contribution in [0.4, 0.5) is 5.69 Å². The minimum atomic E-state index is -3.72. The fourth-order valence-electron chi connectivity index (χ4n) is 2.59. The molecule has 1 heterocycles. The van der Waals surface area contributed by atoms with Gasteiger partial charge in [0.2, 0.25) is 0 Å². The van der Waals surface area contributed by atoms with E-state index in [0.29, 0.717) is 26.7 Å². The molecule has 0 bridgehead atoms. The molecular weight excluding hydrogens is 346 g/mol. The highest BCUT2D eigenvalue weighted by Crippen LogP contribution is 2.34. The zero-order valence-electron chi connectivity index (χ0n) is 12.2. The van der Waals surface area contributed by atoms with Gasteiger partial charge >= 0.3 is 4.94 Å². The minimum absolute atomic E-state index is 0.176. The van der Waals surface area contributed by atoms with Crippen molar-refractivity contribution in [2.45, 2.75) is 4.90 Å². The average Bonchev–Trinajstić information content (AvgIpc) is 2.96. The quantitative estimate of drug-likeness (QED) is 0.605. The summed E-state index contributed by atoms with van der Waals surface area (Å²) in [5, 5.41) is 1.37. The molecule has 0 unspecified atom stereocenters. The molecule has 1 N–H and O–H groups in total. The van der Waals surface area contributed by atoms with E-state index < -0.39 is 15.0 Å². The lowest BCUT2D eigenvalue weighted by molar-refractivity contribution is 0.588. The first kappa shape index (κ1) is 14.9. The third-order valence-corrected chi connectivity index (χ3v) is 5.79. The van der Waals surface area contributed by atoms with Gasteiger partial charge in [0, 0.05) is 10.8 Å². The van der Waals surface area contributed by atoms with Crippen LogP contribution in [-0.4, -0.2) is 8.42 Å². The van der Waals surface area contributed by atoms with Gasteiger partial charge in [-0.2, -0.15) is 0 Å². The summed E-state index contributed by atoms with van der Waals surface area (Å²) in [5.74, 6) is 0. The van der Waals surface area contributed by atoms with Crippen LogP contribution in [0.3, 0.4) is 0 Å². The van der Waals surface area contributed by atoms with Gasteiger partial charge in [-0.15, -0.1) is 0 Å². The zero-order valence-corrected chi connectivity index (χ0v) is 13.9. The van der Waals surface area contributed by atoms with E-state index in [1.165, 1.54) is 12.1 Å². The van der Waals surface area contributed by atoms with Crippen molar-refractivity contribution in [1.29, 1.82) is 0 Å². The molecule has 5 nitrogen and oxygen atoms in total. The molecule has 7 heteroatoms. The van der Waals surface area contributed by atoms with Crippen LogP contribution in [-0.2, 0) is 10.0 Å². The number of hydrogen-bond acceptors (Lipinski definition) is 5. The van der Waals surface area contributed by atoms with E-state index in [1.54, 1.807) is 42.5 Å². The Kier molecular flexibility index (Phi) is 3.40. The first-order chi connectivity index (χ1) is 11.5. The van der Waals surface area contributed by atoms with Gasteiger partial charge < -0.3 is 4.42 Å². The lowest BCUT2D eigenvalue weighted by Crippen LogP contribution is -2.13. The largest absolute Gasteiger partial charge is 0.413 e. The summed E-state index contributed by atoms with van der Waals surface area (Å²) in [6, 6.07) is 17.0. The third kappa shape index (κ3) is 2.47. The molecule has 0 atom stereocenters. The first-order valence-corrected chi connectivity index (χ1v) is 9.38. The van der Waals surface area contributed by atoms with E-state index in [1.807, 2.05) is 6.07 Å². The minimum Gasteiger partial charge on any atom is -0.413 e. The number of benzene rings is 3. The molecule has 0 aliphatic heterocycles. The van der Waals surface area contributed by atoms with Crippen LogP contribution < -0.4 is 9.66 Å². The van der Waals surface area contributed by atoms with Crippen LogP contribution in [0.2, 0.25) is 0 Å². The Hall–Kier alpha value is -2.64. The summed E-state index contributed by atoms with van der Waals surface area (Å²) in [5.41, 5.74) is 0.891. The molecule has 3 aromatic carbocycles. The standard InChI is InChI=1S/C17H11NO4S2/c19-17-22-16-13-9-5-4-8-12(13)14(10-15(16)23-17)18-24(20,21)11-6-2-1-3-7-11/h1-10,18H. The molecule has 4 aromatic rings. The molecule has 120 valence electrons. The molecule has 0 saturated heterocycles. The van der Waals surface area contributed by atoms with Gasteiger partial charge in [-0.25, -0.2) is 13.2 Å². The summed E-state index contributed by atoms with van der Waals surface area (Å²) < 4.78 is 33.6. The van der Waals surface area contributed by atoms with Crippen LogP contribution in [0, 0.1) is 0 Å². The highest BCUT2D eigenvalue weighted by atomic mass is 32.2. The molecule has 1 aromatic heterocycles. The fourth-order valence-corrected chi connectivity index (χ4v) is 4.40. The van der Waals surface area contributed by atoms with Gasteiger partial charge in [0.05, 0.1) is 15.3 Å². The normalized spacial score (nSPS) is 11.8. The number of sulfonamides is 1. The van der Waals surface area contributed by atoms with Gasteiger partial charge in [-0.1, -0.05) is 53.8 Å². The number of nitrogens with one attached hydrogen (secondary N) is 1. The molecule has 0 saturated carbocycles. The maximum Gasteiger partial charge on any atom is 0.396 e. The van der Waals surface area contributed by atoms with Gasteiger partial charge in [-0.3, -0.25) is 4.72 Å². The van der Waals surface area contributed by atoms with Gasteiger partial charge in [0.1, 0.15) is 0 Å². The van der Waals surface area contributed by atoms with Gasteiger partial charge in [0.25, 0.3) is 10.0 Å². The highest BCUT2D eigenvalue weighted by Gasteiger charge is 2.17. The second kappa shape index (κ2) is 5.47. The lowest BCUT2D eigenvalue weighted by Gasteiger charge is -2.11. The number of anilines is 1. The molecule has 0 spiro atoms. The molecule has 4 rings (SSSR count). The van der Waals surface area contributed by atoms with Crippen LogP contribution in [0.1, 0.15) is 0 Å². The van der Waals surface area contributed by atoms with Crippen molar-refractivity contribution in [1.82, 2.24) is 0 Å². The Morgan fingerprint density at radius 1 is 0.917 bits per heavy atom. The molecule has 0 aliphatic rings. The molecule has 0 fully saturated rings. The van der Waals surface area contributed by atoms with Crippen molar-refractivity contribution in [3.05, 3.63) is 70.4 Å². The summed E-state index contributed by atoms with van der Waals surface area (Å²) in [6.07, 6.45) is 0. The molecule has 0 radical (unpaired) electrons. The van der Waals surface area contributed by atoms with Crippen molar-refractivity contribution in [3.63, 3.8) is 0 Å². The Balaban J connectivity index is 1.94. The van der Waals surface area contributed by atoms with Crippen molar-refractivity contribution in [2.75, 3.05) is 4.72 Å². The Bertz CT molecular complexity index is 1210. The topological polar surface area (TPSA) is 76.4 Å². The zero-order chi connectivity index (χ0) is 16.7. The Morgan fingerprint density at radius 2 is 1.58 bits per heavy atom. The molecule has 0 amide bonds. The third-order valence-electron chi connectivity index (χ3n) is 3.64. The van der Waals surface area contributed by atoms with Crippen molar-refractivity contribution >= 4 is 48.1 Å². The summed E-state index contributed by atoms with van der Waals surface area (Å²) in [7, 11) is -3.72. The SMILES string of the molecule is O=c1oc2c(cc(NS(=O)(=O)c3ccccc3)c3ccccc32)s1. The van der Waals surface area contributed by atoms with Gasteiger partial charge in [-0.05, 0) is 18.2 Å². The van der Waals surface area contributed by atoms with E-state index in [2.05, 4.69) is 4.72 Å². The number of fused-ring (bicyclic) bond motifs is 3. The summed E-state index contributed by atoms with van der Waals surface area (Å²) >= 11 is 0.946. The second-order valence-corrected chi connectivity index (χ2v) is 7.83. The smallest absolute Gasteiger partial charge is 0.396 e. The van der Waals surface area contributed by atoms with Crippen molar-refractivity contribution in [2.24, 2.45) is 0 Å². The fraction of sp³-hybridized carbons (Fsp3) is 0. The number of hydrogen-bond donors (Lipinski definition) is 1. The maximum atomic E-state index is 12.6. The molecule has 0 aliphatic carbocycles. The highest BCUT2D eigenvalue weighted by molar-refractivity contribution is 7.92. The first-order valence-electron chi connectivity index (χ1n) is 7.08. The summed E-state index contributed by atoms with van der Waals surface area (Å²) in [6.45, 7) is 0. The Labute approximate surface area is 141 Å². The van der Waals surface area contributed by atoms with Crippen LogP contribution in [0.15, 0.2) is 74.8 Å². The van der Waals surface area contributed by atoms with E-state index >= 15 is 0 Å². The predicted molar refractivity (Wildman–Crippen MR) is 95.1 cm³/mol. The monoisotopic (exact) mass is 357 g/mol. The lowest BCUT2D eigenvalue weighted by atomic mass is 10.1. The summed E-state index contributed by atoms with van der Waals surface area (Å²) in [4.78, 5) is 11.3. The van der Waals surface area contributed by atoms with E-state index in [4.69, 9.17) is 4.42 Å². The van der Waals surface area contributed by atoms with Crippen LogP contribution in [0.25, 0.3) is 21.1 Å². The van der Waals surface area contributed by atoms with Crippen LogP contribution in [0.5, 0.6) is 0 Å².